The van der Waals surface area contributed by atoms with E-state index in [4.69, 9.17) is 0 Å². The lowest BCUT2D eigenvalue weighted by molar-refractivity contribution is -0.133. The molecule has 1 aliphatic carbocycles. The molecule has 1 spiro atoms. The summed E-state index contributed by atoms with van der Waals surface area (Å²) in [6, 6.07) is 23.0. The molecule has 5 rings (SSSR count). The molecule has 188 valence electrons. The predicted molar refractivity (Wildman–Crippen MR) is 140 cm³/mol. The van der Waals surface area contributed by atoms with E-state index in [9.17, 15) is 9.59 Å². The molecule has 2 aromatic carbocycles. The second kappa shape index (κ2) is 10.7. The first-order valence-corrected chi connectivity index (χ1v) is 13.2. The number of aryl methyl sites for hydroxylation is 2. The van der Waals surface area contributed by atoms with Gasteiger partial charge in [0.25, 0.3) is 0 Å². The van der Waals surface area contributed by atoms with Crippen molar-refractivity contribution in [3.8, 4) is 0 Å². The maximum absolute atomic E-state index is 13.0. The normalized spacial score (nSPS) is 18.4. The van der Waals surface area contributed by atoms with Gasteiger partial charge in [0.05, 0.1) is 5.69 Å². The average molecular weight is 485 g/mol. The van der Waals surface area contributed by atoms with Crippen LogP contribution in [-0.4, -0.2) is 46.1 Å². The van der Waals surface area contributed by atoms with Gasteiger partial charge in [-0.25, -0.2) is 0 Å². The van der Waals surface area contributed by atoms with Gasteiger partial charge in [-0.3, -0.25) is 14.3 Å². The second-order valence-electron chi connectivity index (χ2n) is 10.4. The summed E-state index contributed by atoms with van der Waals surface area (Å²) in [6.45, 7) is 4.74. The van der Waals surface area contributed by atoms with Crippen molar-refractivity contribution in [3.63, 3.8) is 0 Å². The first kappa shape index (κ1) is 24.3. The topological polar surface area (TPSA) is 67.2 Å². The Morgan fingerprint density at radius 2 is 1.64 bits per heavy atom. The largest absolute Gasteiger partial charge is 0.356 e. The Hall–Kier alpha value is -3.41. The van der Waals surface area contributed by atoms with E-state index in [0.717, 1.165) is 44.5 Å². The summed E-state index contributed by atoms with van der Waals surface area (Å²) in [5.41, 5.74) is 3.62. The van der Waals surface area contributed by atoms with Gasteiger partial charge in [-0.15, -0.1) is 0 Å². The van der Waals surface area contributed by atoms with Crippen LogP contribution in [0.1, 0.15) is 54.8 Å². The Bertz CT molecular complexity index is 1130. The molecule has 6 heteroatoms. The maximum Gasteiger partial charge on any atom is 0.224 e. The number of carbonyl (C=O) groups excluding carboxylic acids is 2. The molecule has 2 heterocycles. The van der Waals surface area contributed by atoms with Crippen LogP contribution in [0, 0.1) is 18.3 Å². The molecule has 0 radical (unpaired) electrons. The van der Waals surface area contributed by atoms with Gasteiger partial charge in [0, 0.05) is 50.6 Å². The lowest BCUT2D eigenvalue weighted by Crippen LogP contribution is -2.41. The Morgan fingerprint density at radius 1 is 1.00 bits per heavy atom. The molecule has 3 aromatic rings. The van der Waals surface area contributed by atoms with Gasteiger partial charge in [0.2, 0.25) is 11.8 Å². The smallest absolute Gasteiger partial charge is 0.224 e. The summed E-state index contributed by atoms with van der Waals surface area (Å²) in [7, 11) is 0. The summed E-state index contributed by atoms with van der Waals surface area (Å²) in [4.78, 5) is 27.6. The van der Waals surface area contributed by atoms with Crippen molar-refractivity contribution in [1.82, 2.24) is 20.0 Å². The zero-order valence-electron chi connectivity index (χ0n) is 21.1. The average Bonchev–Trinajstić information content (AvgIpc) is 3.45. The zero-order chi connectivity index (χ0) is 25.0. The monoisotopic (exact) mass is 484 g/mol. The Balaban J connectivity index is 1.08. The number of hydrogen-bond donors (Lipinski definition) is 1. The molecule has 1 aromatic heterocycles. The van der Waals surface area contributed by atoms with Gasteiger partial charge in [-0.2, -0.15) is 5.10 Å². The number of likely N-dealkylation sites (tertiary alicyclic amines) is 1. The van der Waals surface area contributed by atoms with Crippen LogP contribution in [0.4, 0.5) is 0 Å². The van der Waals surface area contributed by atoms with Crippen molar-refractivity contribution in [2.75, 3.05) is 19.6 Å². The Kier molecular flexibility index (Phi) is 7.21. The molecule has 1 saturated heterocycles. The highest BCUT2D eigenvalue weighted by Crippen LogP contribution is 2.59. The summed E-state index contributed by atoms with van der Waals surface area (Å²) < 4.78 is 1.83. The second-order valence-corrected chi connectivity index (χ2v) is 10.4. The van der Waals surface area contributed by atoms with E-state index in [-0.39, 0.29) is 29.1 Å². The van der Waals surface area contributed by atoms with Crippen molar-refractivity contribution >= 4 is 11.8 Å². The number of hydrogen-bond acceptors (Lipinski definition) is 3. The Morgan fingerprint density at radius 3 is 2.22 bits per heavy atom. The van der Waals surface area contributed by atoms with Gasteiger partial charge < -0.3 is 10.2 Å². The highest BCUT2D eigenvalue weighted by molar-refractivity contribution is 5.83. The number of nitrogens with zero attached hydrogens (tertiary/aromatic N) is 3. The number of amides is 2. The first-order chi connectivity index (χ1) is 17.5. The third kappa shape index (κ3) is 5.53. The number of nitrogens with one attached hydrogen (secondary N) is 1. The van der Waals surface area contributed by atoms with Crippen molar-refractivity contribution < 1.29 is 9.59 Å². The van der Waals surface area contributed by atoms with E-state index in [1.807, 2.05) is 40.9 Å². The van der Waals surface area contributed by atoms with Crippen LogP contribution >= 0.6 is 0 Å². The lowest BCUT2D eigenvalue weighted by Gasteiger charge is -2.33. The number of carbonyl (C=O) groups is 2. The summed E-state index contributed by atoms with van der Waals surface area (Å²) in [6.07, 6.45) is 6.07. The summed E-state index contributed by atoms with van der Waals surface area (Å²) in [5, 5.41) is 7.59. The van der Waals surface area contributed by atoms with Crippen LogP contribution in [0.15, 0.2) is 72.9 Å². The minimum atomic E-state index is 0.0914. The minimum Gasteiger partial charge on any atom is -0.356 e. The fraction of sp³-hybridized carbons (Fsp3) is 0.433. The predicted octanol–water partition coefficient (Wildman–Crippen LogP) is 4.55. The highest BCUT2D eigenvalue weighted by Gasteiger charge is 2.58. The SMILES string of the molecule is Cc1ccn(CCC(=O)N2CCC3(CC2)C[C@@H]3C(=O)NCCC(c2ccccc2)c2ccccc2)n1. The number of benzene rings is 2. The molecular formula is C30H36N4O2. The van der Waals surface area contributed by atoms with E-state index < -0.39 is 0 Å². The molecule has 2 aliphatic rings. The van der Waals surface area contributed by atoms with Gasteiger partial charge in [-0.1, -0.05) is 60.7 Å². The number of piperidine rings is 1. The van der Waals surface area contributed by atoms with Crippen molar-refractivity contribution in [3.05, 3.63) is 89.7 Å². The van der Waals surface area contributed by atoms with Crippen molar-refractivity contribution in [2.45, 2.75) is 51.5 Å². The molecule has 1 saturated carbocycles. The molecule has 0 bridgehead atoms. The summed E-state index contributed by atoms with van der Waals surface area (Å²) >= 11 is 0. The zero-order valence-corrected chi connectivity index (χ0v) is 21.1. The quantitative estimate of drug-likeness (QED) is 0.485. The van der Waals surface area contributed by atoms with Crippen molar-refractivity contribution in [1.29, 1.82) is 0 Å². The van der Waals surface area contributed by atoms with Crippen LogP contribution in [0.2, 0.25) is 0 Å². The van der Waals surface area contributed by atoms with E-state index in [1.54, 1.807) is 0 Å². The molecule has 0 unspecified atom stereocenters. The molecule has 2 amide bonds. The molecule has 1 atom stereocenters. The van der Waals surface area contributed by atoms with Gasteiger partial charge in [-0.05, 0) is 55.2 Å². The highest BCUT2D eigenvalue weighted by atomic mass is 16.2. The third-order valence-electron chi connectivity index (χ3n) is 8.08. The van der Waals surface area contributed by atoms with Crippen LogP contribution in [0.25, 0.3) is 0 Å². The molecular weight excluding hydrogens is 448 g/mol. The van der Waals surface area contributed by atoms with Gasteiger partial charge in [0.1, 0.15) is 0 Å². The fourth-order valence-electron chi connectivity index (χ4n) is 5.79. The first-order valence-electron chi connectivity index (χ1n) is 13.2. The Labute approximate surface area is 213 Å². The summed E-state index contributed by atoms with van der Waals surface area (Å²) in [5.74, 6) is 0.727. The third-order valence-corrected chi connectivity index (χ3v) is 8.08. The van der Waals surface area contributed by atoms with Gasteiger partial charge >= 0.3 is 0 Å². The molecule has 1 N–H and O–H groups in total. The van der Waals surface area contributed by atoms with E-state index in [0.29, 0.717) is 19.5 Å². The van der Waals surface area contributed by atoms with Crippen LogP contribution in [0.3, 0.4) is 0 Å². The van der Waals surface area contributed by atoms with Gasteiger partial charge in [0.15, 0.2) is 0 Å². The van der Waals surface area contributed by atoms with E-state index in [2.05, 4.69) is 58.9 Å². The molecule has 36 heavy (non-hydrogen) atoms. The van der Waals surface area contributed by atoms with E-state index >= 15 is 0 Å². The molecule has 6 nitrogen and oxygen atoms in total. The van der Waals surface area contributed by atoms with E-state index in [1.165, 1.54) is 11.1 Å². The van der Waals surface area contributed by atoms with Crippen LogP contribution in [-0.2, 0) is 16.1 Å². The number of aromatic nitrogens is 2. The van der Waals surface area contributed by atoms with Crippen LogP contribution < -0.4 is 5.32 Å². The van der Waals surface area contributed by atoms with Crippen molar-refractivity contribution in [2.24, 2.45) is 11.3 Å². The minimum absolute atomic E-state index is 0.0914. The fourth-order valence-corrected chi connectivity index (χ4v) is 5.79. The standard InChI is InChI=1S/C30H36N4O2/c1-23-13-18-34(32-23)19-14-28(35)33-20-15-30(16-21-33)22-27(30)29(36)31-17-12-26(24-8-4-2-5-9-24)25-10-6-3-7-11-25/h2-11,13,18,26-27H,12,14-17,19-22H2,1H3,(H,31,36)/t27-/m1/s1. The lowest BCUT2D eigenvalue weighted by atomic mass is 9.88. The van der Waals surface area contributed by atoms with Crippen LogP contribution in [0.5, 0.6) is 0 Å². The maximum atomic E-state index is 13.0. The number of rotatable bonds is 9. The molecule has 1 aliphatic heterocycles. The molecule has 2 fully saturated rings.